The van der Waals surface area contributed by atoms with E-state index in [0.29, 0.717) is 11.6 Å². The van der Waals surface area contributed by atoms with E-state index in [9.17, 15) is 4.79 Å². The minimum atomic E-state index is -0.407. The summed E-state index contributed by atoms with van der Waals surface area (Å²) in [5.74, 6) is 0.641. The van der Waals surface area contributed by atoms with Crippen LogP contribution >= 0.6 is 27.5 Å². The highest BCUT2D eigenvalue weighted by Gasteiger charge is 2.07. The lowest BCUT2D eigenvalue weighted by atomic mass is 10.1. The van der Waals surface area contributed by atoms with Crippen molar-refractivity contribution >= 4 is 33.5 Å². The van der Waals surface area contributed by atoms with Gasteiger partial charge < -0.3 is 9.47 Å². The quantitative estimate of drug-likeness (QED) is 0.633. The molecule has 0 atom stereocenters. The van der Waals surface area contributed by atoms with E-state index >= 15 is 0 Å². The summed E-state index contributed by atoms with van der Waals surface area (Å²) in [6.45, 7) is 1.84. The van der Waals surface area contributed by atoms with Crippen LogP contribution in [0.15, 0.2) is 16.6 Å². The Bertz CT molecular complexity index is 370. The fourth-order valence-electron chi connectivity index (χ4n) is 1.20. The van der Waals surface area contributed by atoms with Crippen molar-refractivity contribution in [2.75, 3.05) is 13.7 Å². The standard InChI is InChI=1S/C11H12BrClO3/c1-7-3-8(16-6-11(14)15-2)4-10(12)9(7)5-13/h3-4H,5-6H2,1-2H3. The second-order valence-electron chi connectivity index (χ2n) is 3.20. The third-order valence-electron chi connectivity index (χ3n) is 2.11. The van der Waals surface area contributed by atoms with Crippen LogP contribution in [0.1, 0.15) is 11.1 Å². The molecule has 0 aliphatic carbocycles. The van der Waals surface area contributed by atoms with E-state index in [-0.39, 0.29) is 6.61 Å². The Morgan fingerprint density at radius 1 is 1.50 bits per heavy atom. The molecule has 0 unspecified atom stereocenters. The van der Waals surface area contributed by atoms with Gasteiger partial charge in [-0.2, -0.15) is 0 Å². The molecule has 5 heteroatoms. The minimum absolute atomic E-state index is 0.0946. The number of methoxy groups -OCH3 is 1. The van der Waals surface area contributed by atoms with Crippen molar-refractivity contribution in [2.24, 2.45) is 0 Å². The van der Waals surface area contributed by atoms with E-state index in [0.717, 1.165) is 15.6 Å². The third-order valence-corrected chi connectivity index (χ3v) is 3.08. The molecule has 1 rings (SSSR count). The van der Waals surface area contributed by atoms with Crippen molar-refractivity contribution in [3.63, 3.8) is 0 Å². The monoisotopic (exact) mass is 306 g/mol. The number of hydrogen-bond donors (Lipinski definition) is 0. The number of ether oxygens (including phenoxy) is 2. The maximum Gasteiger partial charge on any atom is 0.343 e. The summed E-state index contributed by atoms with van der Waals surface area (Å²) in [6, 6.07) is 3.62. The van der Waals surface area contributed by atoms with E-state index in [1.807, 2.05) is 13.0 Å². The summed E-state index contributed by atoms with van der Waals surface area (Å²) >= 11 is 9.20. The van der Waals surface area contributed by atoms with Gasteiger partial charge in [-0.25, -0.2) is 4.79 Å². The molecule has 3 nitrogen and oxygen atoms in total. The molecule has 1 aromatic carbocycles. The molecule has 88 valence electrons. The molecule has 0 bridgehead atoms. The van der Waals surface area contributed by atoms with Crippen molar-refractivity contribution in [3.05, 3.63) is 27.7 Å². The molecule has 0 saturated heterocycles. The number of aryl methyl sites for hydroxylation is 1. The Balaban J connectivity index is 2.79. The Morgan fingerprint density at radius 2 is 2.19 bits per heavy atom. The van der Waals surface area contributed by atoms with E-state index < -0.39 is 5.97 Å². The van der Waals surface area contributed by atoms with Gasteiger partial charge in [0.05, 0.1) is 7.11 Å². The molecule has 0 saturated carbocycles. The predicted octanol–water partition coefficient (Wildman–Crippen LogP) is 3.05. The first-order valence-corrected chi connectivity index (χ1v) is 5.95. The molecule has 0 aliphatic heterocycles. The Morgan fingerprint density at radius 3 is 2.69 bits per heavy atom. The largest absolute Gasteiger partial charge is 0.482 e. The van der Waals surface area contributed by atoms with Gasteiger partial charge in [0.15, 0.2) is 6.61 Å². The van der Waals surface area contributed by atoms with Crippen molar-refractivity contribution in [1.82, 2.24) is 0 Å². The number of carbonyl (C=O) groups excluding carboxylic acids is 1. The predicted molar refractivity (Wildman–Crippen MR) is 65.9 cm³/mol. The van der Waals surface area contributed by atoms with E-state index in [1.165, 1.54) is 7.11 Å². The lowest BCUT2D eigenvalue weighted by molar-refractivity contribution is -0.142. The van der Waals surface area contributed by atoms with Crippen molar-refractivity contribution in [2.45, 2.75) is 12.8 Å². The van der Waals surface area contributed by atoms with Crippen LogP contribution in [0.3, 0.4) is 0 Å². The van der Waals surface area contributed by atoms with Crippen LogP contribution in [0.5, 0.6) is 5.75 Å². The summed E-state index contributed by atoms with van der Waals surface area (Å²) in [4.78, 5) is 10.9. The van der Waals surface area contributed by atoms with Gasteiger partial charge in [-0.1, -0.05) is 15.9 Å². The molecule has 0 heterocycles. The number of benzene rings is 1. The fourth-order valence-corrected chi connectivity index (χ4v) is 2.39. The van der Waals surface area contributed by atoms with Gasteiger partial charge in [0.1, 0.15) is 5.75 Å². The van der Waals surface area contributed by atoms with E-state index in [1.54, 1.807) is 6.07 Å². The SMILES string of the molecule is COC(=O)COc1cc(C)c(CCl)c(Br)c1. The highest BCUT2D eigenvalue weighted by atomic mass is 79.9. The first-order chi connectivity index (χ1) is 7.58. The number of alkyl halides is 1. The molecule has 0 spiro atoms. The van der Waals surface area contributed by atoms with Crippen LogP contribution in [0.4, 0.5) is 0 Å². The van der Waals surface area contributed by atoms with Crippen molar-refractivity contribution < 1.29 is 14.3 Å². The van der Waals surface area contributed by atoms with Gasteiger partial charge in [0.2, 0.25) is 0 Å². The summed E-state index contributed by atoms with van der Waals surface area (Å²) in [5.41, 5.74) is 2.04. The van der Waals surface area contributed by atoms with Crippen LogP contribution in [-0.4, -0.2) is 19.7 Å². The zero-order valence-electron chi connectivity index (χ0n) is 9.05. The molecule has 0 N–H and O–H groups in total. The van der Waals surface area contributed by atoms with Crippen LogP contribution in [0, 0.1) is 6.92 Å². The first kappa shape index (κ1) is 13.3. The highest BCUT2D eigenvalue weighted by Crippen LogP contribution is 2.28. The molecule has 0 amide bonds. The maximum atomic E-state index is 10.9. The van der Waals surface area contributed by atoms with Gasteiger partial charge in [-0.05, 0) is 30.2 Å². The lowest BCUT2D eigenvalue weighted by Gasteiger charge is -2.10. The normalized spacial score (nSPS) is 10.0. The topological polar surface area (TPSA) is 35.5 Å². The number of esters is 1. The molecular weight excluding hydrogens is 295 g/mol. The van der Waals surface area contributed by atoms with Gasteiger partial charge >= 0.3 is 5.97 Å². The summed E-state index contributed by atoms with van der Waals surface area (Å²) in [5, 5.41) is 0. The van der Waals surface area contributed by atoms with E-state index in [4.69, 9.17) is 16.3 Å². The van der Waals surface area contributed by atoms with Crippen molar-refractivity contribution in [1.29, 1.82) is 0 Å². The van der Waals surface area contributed by atoms with Gasteiger partial charge in [0, 0.05) is 10.4 Å². The second-order valence-corrected chi connectivity index (χ2v) is 4.32. The van der Waals surface area contributed by atoms with Crippen LogP contribution in [0.25, 0.3) is 0 Å². The zero-order chi connectivity index (χ0) is 12.1. The second kappa shape index (κ2) is 6.11. The first-order valence-electron chi connectivity index (χ1n) is 4.63. The van der Waals surface area contributed by atoms with Crippen LogP contribution in [0.2, 0.25) is 0 Å². The van der Waals surface area contributed by atoms with Crippen LogP contribution < -0.4 is 4.74 Å². The molecule has 16 heavy (non-hydrogen) atoms. The van der Waals surface area contributed by atoms with E-state index in [2.05, 4.69) is 20.7 Å². The Kier molecular flexibility index (Phi) is 5.09. The van der Waals surface area contributed by atoms with Gasteiger partial charge in [-0.3, -0.25) is 0 Å². The number of rotatable bonds is 4. The number of halogens is 2. The average molecular weight is 308 g/mol. The summed E-state index contributed by atoms with van der Waals surface area (Å²) in [6.07, 6.45) is 0. The molecular formula is C11H12BrClO3. The fraction of sp³-hybridized carbons (Fsp3) is 0.364. The number of hydrogen-bond acceptors (Lipinski definition) is 3. The molecule has 0 radical (unpaired) electrons. The zero-order valence-corrected chi connectivity index (χ0v) is 11.4. The number of carbonyl (C=O) groups is 1. The molecule has 0 aromatic heterocycles. The highest BCUT2D eigenvalue weighted by molar-refractivity contribution is 9.10. The smallest absolute Gasteiger partial charge is 0.343 e. The Labute approximate surface area is 108 Å². The molecule has 1 aromatic rings. The maximum absolute atomic E-state index is 10.9. The van der Waals surface area contributed by atoms with Crippen LogP contribution in [-0.2, 0) is 15.4 Å². The van der Waals surface area contributed by atoms with Gasteiger partial charge in [-0.15, -0.1) is 11.6 Å². The third kappa shape index (κ3) is 3.39. The Hall–Kier alpha value is -0.740. The summed E-state index contributed by atoms with van der Waals surface area (Å²) in [7, 11) is 1.32. The minimum Gasteiger partial charge on any atom is -0.482 e. The molecule has 0 fully saturated rings. The average Bonchev–Trinajstić information content (AvgIpc) is 2.25. The lowest BCUT2D eigenvalue weighted by Crippen LogP contribution is -2.12. The summed E-state index contributed by atoms with van der Waals surface area (Å²) < 4.78 is 10.6. The molecule has 0 aliphatic rings. The van der Waals surface area contributed by atoms with Gasteiger partial charge in [0.25, 0.3) is 0 Å². The van der Waals surface area contributed by atoms with Crippen molar-refractivity contribution in [3.8, 4) is 5.75 Å².